The third kappa shape index (κ3) is 3.10. The van der Waals surface area contributed by atoms with Crippen LogP contribution in [0, 0.1) is 11.8 Å². The highest BCUT2D eigenvalue weighted by molar-refractivity contribution is 9.10. The summed E-state index contributed by atoms with van der Waals surface area (Å²) in [5.41, 5.74) is 0.620. The van der Waals surface area contributed by atoms with E-state index in [1.165, 1.54) is 12.8 Å². The molecule has 1 aromatic heterocycles. The van der Waals surface area contributed by atoms with E-state index in [4.69, 9.17) is 0 Å². The molecule has 1 fully saturated rings. The predicted octanol–water partition coefficient (Wildman–Crippen LogP) is 3.40. The second-order valence-corrected chi connectivity index (χ2v) is 6.15. The van der Waals surface area contributed by atoms with Gasteiger partial charge in [0.15, 0.2) is 0 Å². The first-order chi connectivity index (χ1) is 8.58. The topological polar surface area (TPSA) is 42.0 Å². The molecule has 0 aromatic carbocycles. The zero-order valence-electron chi connectivity index (χ0n) is 10.8. The van der Waals surface area contributed by atoms with Crippen molar-refractivity contribution < 1.29 is 4.79 Å². The van der Waals surface area contributed by atoms with Crippen molar-refractivity contribution in [3.8, 4) is 0 Å². The van der Waals surface area contributed by atoms with E-state index in [1.54, 1.807) is 18.5 Å². The number of aromatic nitrogens is 1. The fourth-order valence-corrected chi connectivity index (χ4v) is 2.94. The van der Waals surface area contributed by atoms with Crippen LogP contribution in [0.15, 0.2) is 22.9 Å². The summed E-state index contributed by atoms with van der Waals surface area (Å²) < 4.78 is 0.834. The molecule has 1 N–H and O–H groups in total. The molecular formula is C14H19BrN2O. The Balaban J connectivity index is 2.03. The summed E-state index contributed by atoms with van der Waals surface area (Å²) >= 11 is 3.33. The Morgan fingerprint density at radius 3 is 2.89 bits per heavy atom. The van der Waals surface area contributed by atoms with Gasteiger partial charge >= 0.3 is 0 Å². The monoisotopic (exact) mass is 310 g/mol. The first kappa shape index (κ1) is 13.5. The highest BCUT2D eigenvalue weighted by Gasteiger charge is 2.28. The second kappa shape index (κ2) is 5.83. The average Bonchev–Trinajstić information content (AvgIpc) is 2.35. The number of nitrogens with zero attached hydrogens (tertiary/aromatic N) is 1. The van der Waals surface area contributed by atoms with Crippen LogP contribution in [0.2, 0.25) is 0 Å². The number of halogens is 1. The lowest BCUT2D eigenvalue weighted by molar-refractivity contribution is 0.0890. The van der Waals surface area contributed by atoms with Crippen molar-refractivity contribution in [2.75, 3.05) is 0 Å². The van der Waals surface area contributed by atoms with E-state index in [0.717, 1.165) is 10.9 Å². The molecule has 1 aliphatic rings. The Labute approximate surface area is 117 Å². The van der Waals surface area contributed by atoms with Crippen molar-refractivity contribution in [2.45, 2.75) is 39.2 Å². The third-order valence-corrected chi connectivity index (χ3v) is 4.42. The molecule has 1 aromatic rings. The second-order valence-electron chi connectivity index (χ2n) is 5.24. The maximum Gasteiger partial charge on any atom is 0.253 e. The van der Waals surface area contributed by atoms with E-state index < -0.39 is 0 Å². The minimum Gasteiger partial charge on any atom is -0.349 e. The van der Waals surface area contributed by atoms with Crippen molar-refractivity contribution in [1.82, 2.24) is 10.3 Å². The fraction of sp³-hybridized carbons (Fsp3) is 0.571. The first-order valence-electron chi connectivity index (χ1n) is 6.49. The SMILES string of the molecule is C[C@H]1[C@@H](NC(=O)c2cncc(Br)c2)CCC[C@@H]1C. The van der Waals surface area contributed by atoms with Crippen LogP contribution in [0.4, 0.5) is 0 Å². The largest absolute Gasteiger partial charge is 0.349 e. The van der Waals surface area contributed by atoms with Crippen LogP contribution in [0.5, 0.6) is 0 Å². The van der Waals surface area contributed by atoms with E-state index in [0.29, 0.717) is 23.4 Å². The van der Waals surface area contributed by atoms with Gasteiger partial charge in [-0.2, -0.15) is 0 Å². The van der Waals surface area contributed by atoms with E-state index in [9.17, 15) is 4.79 Å². The van der Waals surface area contributed by atoms with Gasteiger partial charge < -0.3 is 5.32 Å². The van der Waals surface area contributed by atoms with Crippen LogP contribution in [-0.4, -0.2) is 16.9 Å². The number of rotatable bonds is 2. The molecule has 4 heteroatoms. The molecule has 0 spiro atoms. The number of hydrogen-bond donors (Lipinski definition) is 1. The van der Waals surface area contributed by atoms with Gasteiger partial charge in [-0.3, -0.25) is 9.78 Å². The third-order valence-electron chi connectivity index (χ3n) is 3.99. The van der Waals surface area contributed by atoms with Crippen LogP contribution in [0.3, 0.4) is 0 Å². The van der Waals surface area contributed by atoms with Gasteiger partial charge in [0.25, 0.3) is 5.91 Å². The van der Waals surface area contributed by atoms with Crippen molar-refractivity contribution >= 4 is 21.8 Å². The molecule has 0 unspecified atom stereocenters. The molecule has 0 aliphatic heterocycles. The number of carbonyl (C=O) groups excluding carboxylic acids is 1. The number of hydrogen-bond acceptors (Lipinski definition) is 2. The fourth-order valence-electron chi connectivity index (χ4n) is 2.57. The molecule has 98 valence electrons. The van der Waals surface area contributed by atoms with E-state index in [1.807, 2.05) is 0 Å². The Kier molecular flexibility index (Phi) is 4.38. The summed E-state index contributed by atoms with van der Waals surface area (Å²) in [5.74, 6) is 1.21. The average molecular weight is 311 g/mol. The van der Waals surface area contributed by atoms with Crippen LogP contribution in [-0.2, 0) is 0 Å². The van der Waals surface area contributed by atoms with Gasteiger partial charge in [0.2, 0.25) is 0 Å². The normalized spacial score (nSPS) is 27.8. The van der Waals surface area contributed by atoms with Gasteiger partial charge in [0, 0.05) is 22.9 Å². The van der Waals surface area contributed by atoms with Crippen LogP contribution in [0.1, 0.15) is 43.5 Å². The summed E-state index contributed by atoms with van der Waals surface area (Å²) in [6.45, 7) is 4.50. The zero-order valence-corrected chi connectivity index (χ0v) is 12.4. The lowest BCUT2D eigenvalue weighted by Gasteiger charge is -2.34. The van der Waals surface area contributed by atoms with E-state index in [2.05, 4.69) is 40.1 Å². The van der Waals surface area contributed by atoms with Gasteiger partial charge in [-0.1, -0.05) is 26.7 Å². The number of pyridine rings is 1. The van der Waals surface area contributed by atoms with Gasteiger partial charge in [0.05, 0.1) is 5.56 Å². The van der Waals surface area contributed by atoms with E-state index in [-0.39, 0.29) is 5.91 Å². The lowest BCUT2D eigenvalue weighted by atomic mass is 9.78. The molecule has 1 aliphatic carbocycles. The number of nitrogens with one attached hydrogen (secondary N) is 1. The first-order valence-corrected chi connectivity index (χ1v) is 7.28. The van der Waals surface area contributed by atoms with Gasteiger partial charge in [-0.25, -0.2) is 0 Å². The minimum atomic E-state index is -0.0187. The Morgan fingerprint density at radius 2 is 2.17 bits per heavy atom. The minimum absolute atomic E-state index is 0.0187. The molecule has 0 radical (unpaired) electrons. The molecule has 1 heterocycles. The maximum absolute atomic E-state index is 12.1. The van der Waals surface area contributed by atoms with Crippen LogP contribution in [0.25, 0.3) is 0 Å². The van der Waals surface area contributed by atoms with Crippen molar-refractivity contribution in [3.05, 3.63) is 28.5 Å². The van der Waals surface area contributed by atoms with E-state index >= 15 is 0 Å². The highest BCUT2D eigenvalue weighted by Crippen LogP contribution is 2.29. The van der Waals surface area contributed by atoms with Crippen molar-refractivity contribution in [2.24, 2.45) is 11.8 Å². The molecule has 0 saturated heterocycles. The highest BCUT2D eigenvalue weighted by atomic mass is 79.9. The number of amides is 1. The smallest absolute Gasteiger partial charge is 0.253 e. The summed E-state index contributed by atoms with van der Waals surface area (Å²) in [6.07, 6.45) is 6.84. The molecular weight excluding hydrogens is 292 g/mol. The van der Waals surface area contributed by atoms with Crippen LogP contribution >= 0.6 is 15.9 Å². The van der Waals surface area contributed by atoms with Crippen molar-refractivity contribution in [3.63, 3.8) is 0 Å². The standard InChI is InChI=1S/C14H19BrN2O/c1-9-4-3-5-13(10(9)2)17-14(18)11-6-12(15)8-16-7-11/h6-10,13H,3-5H2,1-2H3,(H,17,18)/t9-,10+,13-/m0/s1. The Hall–Kier alpha value is -0.900. The molecule has 18 heavy (non-hydrogen) atoms. The molecule has 3 atom stereocenters. The molecule has 0 bridgehead atoms. The van der Waals surface area contributed by atoms with Gasteiger partial charge in [-0.05, 0) is 40.3 Å². The molecule has 1 amide bonds. The Morgan fingerprint density at radius 1 is 1.39 bits per heavy atom. The Bertz CT molecular complexity index is 436. The summed E-state index contributed by atoms with van der Waals surface area (Å²) in [4.78, 5) is 16.2. The molecule has 3 nitrogen and oxygen atoms in total. The summed E-state index contributed by atoms with van der Waals surface area (Å²) in [5, 5.41) is 3.14. The van der Waals surface area contributed by atoms with Gasteiger partial charge in [-0.15, -0.1) is 0 Å². The summed E-state index contributed by atoms with van der Waals surface area (Å²) in [6, 6.07) is 2.10. The summed E-state index contributed by atoms with van der Waals surface area (Å²) in [7, 11) is 0. The quantitative estimate of drug-likeness (QED) is 0.909. The molecule has 1 saturated carbocycles. The van der Waals surface area contributed by atoms with Crippen LogP contribution < -0.4 is 5.32 Å². The van der Waals surface area contributed by atoms with Crippen molar-refractivity contribution in [1.29, 1.82) is 0 Å². The maximum atomic E-state index is 12.1. The zero-order chi connectivity index (χ0) is 13.1. The van der Waals surface area contributed by atoms with Gasteiger partial charge in [0.1, 0.15) is 0 Å². The predicted molar refractivity (Wildman–Crippen MR) is 75.4 cm³/mol. The lowest BCUT2D eigenvalue weighted by Crippen LogP contribution is -2.43. The molecule has 2 rings (SSSR count). The number of carbonyl (C=O) groups is 1.